The van der Waals surface area contributed by atoms with Crippen LogP contribution in [-0.2, 0) is 16.1 Å². The van der Waals surface area contributed by atoms with Crippen LogP contribution in [-0.4, -0.2) is 28.9 Å². The third-order valence-corrected chi connectivity index (χ3v) is 2.71. The largest absolute Gasteiger partial charge is 0.481 e. The number of hydrogen-bond donors (Lipinski definition) is 1. The van der Waals surface area contributed by atoms with E-state index < -0.39 is 23.2 Å². The number of furan rings is 1. The van der Waals surface area contributed by atoms with Crippen LogP contribution in [0.4, 0.5) is 0 Å². The molecule has 5 nitrogen and oxygen atoms in total. The van der Waals surface area contributed by atoms with Crippen LogP contribution in [0.1, 0.15) is 26.5 Å². The normalized spacial score (nSPS) is 13.1. The number of carboxylic acids is 1. The summed E-state index contributed by atoms with van der Waals surface area (Å²) in [7, 11) is 1.58. The highest BCUT2D eigenvalue weighted by atomic mass is 16.4. The number of carbonyl (C=O) groups excluding carboxylic acids is 1. The number of aliphatic carboxylic acids is 1. The summed E-state index contributed by atoms with van der Waals surface area (Å²) in [6, 6.07) is 3.47. The van der Waals surface area contributed by atoms with Crippen LogP contribution in [0.2, 0.25) is 0 Å². The molecule has 1 N–H and O–H groups in total. The maximum atomic E-state index is 12.2. The third kappa shape index (κ3) is 3.35. The smallest absolute Gasteiger partial charge is 0.316 e. The number of carbonyl (C=O) groups is 2. The van der Waals surface area contributed by atoms with Gasteiger partial charge in [0.15, 0.2) is 0 Å². The number of nitrogens with zero attached hydrogens (tertiary/aromatic N) is 1. The van der Waals surface area contributed by atoms with E-state index in [1.165, 1.54) is 11.2 Å². The molecule has 5 heteroatoms. The van der Waals surface area contributed by atoms with E-state index in [4.69, 9.17) is 4.42 Å². The monoisotopic (exact) mass is 253 g/mol. The van der Waals surface area contributed by atoms with Crippen LogP contribution in [0, 0.1) is 11.3 Å². The molecule has 1 atom stereocenters. The summed E-state index contributed by atoms with van der Waals surface area (Å²) < 4.78 is 5.14. The van der Waals surface area contributed by atoms with Crippen molar-refractivity contribution in [3.05, 3.63) is 24.2 Å². The Hall–Kier alpha value is -1.78. The minimum absolute atomic E-state index is 0.270. The fourth-order valence-corrected chi connectivity index (χ4v) is 1.78. The molecule has 18 heavy (non-hydrogen) atoms. The van der Waals surface area contributed by atoms with Crippen molar-refractivity contribution in [2.75, 3.05) is 7.05 Å². The Labute approximate surface area is 106 Å². The maximum absolute atomic E-state index is 12.2. The summed E-state index contributed by atoms with van der Waals surface area (Å²) in [5.41, 5.74) is -0.625. The van der Waals surface area contributed by atoms with Gasteiger partial charge >= 0.3 is 5.97 Å². The third-order valence-electron chi connectivity index (χ3n) is 2.71. The summed E-state index contributed by atoms with van der Waals surface area (Å²) in [4.78, 5) is 24.8. The molecule has 0 aromatic carbocycles. The summed E-state index contributed by atoms with van der Waals surface area (Å²) in [5, 5.41) is 9.18. The zero-order valence-corrected chi connectivity index (χ0v) is 11.1. The molecular formula is C13H19NO4. The maximum Gasteiger partial charge on any atom is 0.316 e. The lowest BCUT2D eigenvalue weighted by atomic mass is 9.80. The van der Waals surface area contributed by atoms with Crippen LogP contribution in [0.5, 0.6) is 0 Å². The van der Waals surface area contributed by atoms with E-state index in [9.17, 15) is 14.7 Å². The van der Waals surface area contributed by atoms with Gasteiger partial charge in [-0.05, 0) is 17.5 Å². The Morgan fingerprint density at radius 2 is 2.06 bits per heavy atom. The van der Waals surface area contributed by atoms with E-state index in [1.807, 2.05) is 0 Å². The molecule has 1 aromatic heterocycles. The van der Waals surface area contributed by atoms with E-state index in [1.54, 1.807) is 40.0 Å². The topological polar surface area (TPSA) is 70.8 Å². The van der Waals surface area contributed by atoms with Crippen molar-refractivity contribution in [2.45, 2.75) is 27.3 Å². The van der Waals surface area contributed by atoms with E-state index in [0.29, 0.717) is 5.76 Å². The summed E-state index contributed by atoms with van der Waals surface area (Å²) in [6.07, 6.45) is 1.52. The van der Waals surface area contributed by atoms with Crippen molar-refractivity contribution >= 4 is 11.9 Å². The highest BCUT2D eigenvalue weighted by Gasteiger charge is 2.39. The molecule has 0 saturated carbocycles. The molecule has 1 aromatic rings. The van der Waals surface area contributed by atoms with Gasteiger partial charge in [-0.3, -0.25) is 9.59 Å². The minimum Gasteiger partial charge on any atom is -0.481 e. The highest BCUT2D eigenvalue weighted by molar-refractivity contribution is 5.97. The number of rotatable bonds is 4. The predicted octanol–water partition coefficient (Wildman–Crippen LogP) is 1.98. The molecule has 0 bridgehead atoms. The average Bonchev–Trinajstić information content (AvgIpc) is 2.67. The second kappa shape index (κ2) is 5.25. The summed E-state index contributed by atoms with van der Waals surface area (Å²) >= 11 is 0. The fourth-order valence-electron chi connectivity index (χ4n) is 1.78. The highest BCUT2D eigenvalue weighted by Crippen LogP contribution is 2.28. The first-order chi connectivity index (χ1) is 8.23. The predicted molar refractivity (Wildman–Crippen MR) is 65.8 cm³/mol. The van der Waals surface area contributed by atoms with Gasteiger partial charge in [-0.2, -0.15) is 0 Å². The molecule has 0 fully saturated rings. The van der Waals surface area contributed by atoms with Crippen molar-refractivity contribution in [1.82, 2.24) is 4.90 Å². The van der Waals surface area contributed by atoms with Gasteiger partial charge in [0.1, 0.15) is 11.7 Å². The lowest BCUT2D eigenvalue weighted by molar-refractivity contribution is -0.155. The Kier molecular flexibility index (Phi) is 4.16. The number of carboxylic acid groups (broad SMARTS) is 1. The Balaban J connectivity index is 2.81. The molecular weight excluding hydrogens is 234 g/mol. The molecule has 0 radical (unpaired) electrons. The first kappa shape index (κ1) is 14.3. The standard InChI is InChI=1S/C13H19NO4/c1-13(2,3)10(12(16)17)11(15)14(4)8-9-6-5-7-18-9/h5-7,10H,8H2,1-4H3,(H,16,17). The second-order valence-electron chi connectivity index (χ2n) is 5.41. The van der Waals surface area contributed by atoms with Crippen LogP contribution >= 0.6 is 0 Å². The van der Waals surface area contributed by atoms with Crippen molar-refractivity contribution in [1.29, 1.82) is 0 Å². The SMILES string of the molecule is CN(Cc1ccco1)C(=O)C(C(=O)O)C(C)(C)C. The molecule has 0 aliphatic heterocycles. The molecule has 1 heterocycles. The van der Waals surface area contributed by atoms with E-state index in [2.05, 4.69) is 0 Å². The van der Waals surface area contributed by atoms with Crippen LogP contribution in [0.25, 0.3) is 0 Å². The number of amides is 1. The van der Waals surface area contributed by atoms with Gasteiger partial charge < -0.3 is 14.4 Å². The van der Waals surface area contributed by atoms with Crippen LogP contribution in [0.3, 0.4) is 0 Å². The van der Waals surface area contributed by atoms with E-state index in [0.717, 1.165) is 0 Å². The van der Waals surface area contributed by atoms with Gasteiger partial charge in [0, 0.05) is 7.05 Å². The van der Waals surface area contributed by atoms with Crippen molar-refractivity contribution < 1.29 is 19.1 Å². The summed E-state index contributed by atoms with van der Waals surface area (Å²) in [6.45, 7) is 5.49. The van der Waals surface area contributed by atoms with Gasteiger partial charge in [-0.15, -0.1) is 0 Å². The lowest BCUT2D eigenvalue weighted by Gasteiger charge is -2.29. The first-order valence-corrected chi connectivity index (χ1v) is 5.73. The number of hydrogen-bond acceptors (Lipinski definition) is 3. The lowest BCUT2D eigenvalue weighted by Crippen LogP contribution is -2.43. The quantitative estimate of drug-likeness (QED) is 0.833. The van der Waals surface area contributed by atoms with Gasteiger partial charge in [0.05, 0.1) is 12.8 Å². The average molecular weight is 253 g/mol. The molecule has 1 rings (SSSR count). The first-order valence-electron chi connectivity index (χ1n) is 5.73. The zero-order chi connectivity index (χ0) is 13.9. The molecule has 0 spiro atoms. The second-order valence-corrected chi connectivity index (χ2v) is 5.41. The van der Waals surface area contributed by atoms with Crippen molar-refractivity contribution in [2.24, 2.45) is 11.3 Å². The van der Waals surface area contributed by atoms with Gasteiger partial charge in [-0.1, -0.05) is 20.8 Å². The van der Waals surface area contributed by atoms with Gasteiger partial charge in [0.2, 0.25) is 5.91 Å². The van der Waals surface area contributed by atoms with Gasteiger partial charge in [0.25, 0.3) is 0 Å². The Bertz CT molecular complexity index is 417. The van der Waals surface area contributed by atoms with E-state index >= 15 is 0 Å². The molecule has 0 aliphatic carbocycles. The molecule has 100 valence electrons. The zero-order valence-electron chi connectivity index (χ0n) is 11.1. The van der Waals surface area contributed by atoms with E-state index in [-0.39, 0.29) is 6.54 Å². The molecule has 0 saturated heterocycles. The van der Waals surface area contributed by atoms with Gasteiger partial charge in [-0.25, -0.2) is 0 Å². The van der Waals surface area contributed by atoms with Crippen molar-refractivity contribution in [3.63, 3.8) is 0 Å². The minimum atomic E-state index is -1.10. The van der Waals surface area contributed by atoms with Crippen molar-refractivity contribution in [3.8, 4) is 0 Å². The van der Waals surface area contributed by atoms with Crippen LogP contribution in [0.15, 0.2) is 22.8 Å². The Morgan fingerprint density at radius 3 is 2.44 bits per heavy atom. The molecule has 1 unspecified atom stereocenters. The summed E-state index contributed by atoms with van der Waals surface area (Å²) in [5.74, 6) is -1.94. The van der Waals surface area contributed by atoms with Crippen LogP contribution < -0.4 is 0 Å². The Morgan fingerprint density at radius 1 is 1.44 bits per heavy atom. The fraction of sp³-hybridized carbons (Fsp3) is 0.538. The molecule has 0 aliphatic rings. The molecule has 1 amide bonds.